The highest BCUT2D eigenvalue weighted by Gasteiger charge is 2.08. The van der Waals surface area contributed by atoms with Gasteiger partial charge in [0.15, 0.2) is 11.5 Å². The first-order chi connectivity index (χ1) is 9.81. The molecule has 0 saturated carbocycles. The van der Waals surface area contributed by atoms with Crippen molar-refractivity contribution in [3.63, 3.8) is 0 Å². The van der Waals surface area contributed by atoms with E-state index in [-0.39, 0.29) is 0 Å². The van der Waals surface area contributed by atoms with Gasteiger partial charge in [-0.3, -0.25) is 4.98 Å². The zero-order valence-electron chi connectivity index (χ0n) is 11.4. The first-order valence-corrected chi connectivity index (χ1v) is 7.22. The van der Waals surface area contributed by atoms with Crippen molar-refractivity contribution in [2.75, 3.05) is 14.2 Å². The molecule has 3 aromatic rings. The number of hydrogen-bond donors (Lipinski definition) is 0. The van der Waals surface area contributed by atoms with Crippen molar-refractivity contribution in [3.8, 4) is 11.5 Å². The number of fused-ring (bicyclic) bond motifs is 1. The summed E-state index contributed by atoms with van der Waals surface area (Å²) in [4.78, 5) is 4.51. The van der Waals surface area contributed by atoms with Crippen LogP contribution in [0.4, 0.5) is 0 Å². The summed E-state index contributed by atoms with van der Waals surface area (Å²) in [7, 11) is 3.30. The molecule has 0 saturated heterocycles. The fraction of sp³-hybridized carbons (Fsp3) is 0.188. The van der Waals surface area contributed by atoms with Crippen LogP contribution in [0.15, 0.2) is 41.9 Å². The van der Waals surface area contributed by atoms with Crippen LogP contribution in [0.3, 0.4) is 0 Å². The summed E-state index contributed by atoms with van der Waals surface area (Å²) < 4.78 is 11.9. The number of aromatic nitrogens is 1. The van der Waals surface area contributed by atoms with E-state index in [1.165, 1.54) is 10.1 Å². The van der Waals surface area contributed by atoms with Gasteiger partial charge in [-0.15, -0.1) is 11.3 Å². The van der Waals surface area contributed by atoms with E-state index in [1.54, 1.807) is 25.6 Å². The predicted octanol–water partition coefficient (Wildman–Crippen LogP) is 3.90. The third kappa shape index (κ3) is 2.34. The lowest BCUT2D eigenvalue weighted by Crippen LogP contribution is -1.95. The van der Waals surface area contributed by atoms with Crippen LogP contribution in [-0.4, -0.2) is 19.2 Å². The van der Waals surface area contributed by atoms with Gasteiger partial charge in [0.25, 0.3) is 0 Å². The van der Waals surface area contributed by atoms with Crippen molar-refractivity contribution in [2.45, 2.75) is 6.42 Å². The number of ether oxygens (including phenoxy) is 2. The highest BCUT2D eigenvalue weighted by Crippen LogP contribution is 2.30. The van der Waals surface area contributed by atoms with E-state index in [0.717, 1.165) is 29.2 Å². The zero-order chi connectivity index (χ0) is 13.9. The second kappa shape index (κ2) is 5.51. The minimum Gasteiger partial charge on any atom is -0.493 e. The van der Waals surface area contributed by atoms with Crippen molar-refractivity contribution in [1.29, 1.82) is 0 Å². The summed E-state index contributed by atoms with van der Waals surface area (Å²) >= 11 is 1.73. The molecule has 2 aromatic heterocycles. The van der Waals surface area contributed by atoms with Gasteiger partial charge in [-0.05, 0) is 40.6 Å². The van der Waals surface area contributed by atoms with Crippen LogP contribution in [0.5, 0.6) is 11.5 Å². The molecule has 4 heteroatoms. The van der Waals surface area contributed by atoms with E-state index in [0.29, 0.717) is 0 Å². The molecular weight excluding hydrogens is 270 g/mol. The van der Waals surface area contributed by atoms with Gasteiger partial charge >= 0.3 is 0 Å². The summed E-state index contributed by atoms with van der Waals surface area (Å²) in [5, 5.41) is 3.35. The van der Waals surface area contributed by atoms with E-state index in [9.17, 15) is 0 Å². The molecule has 0 atom stereocenters. The van der Waals surface area contributed by atoms with Crippen LogP contribution in [0.2, 0.25) is 0 Å². The molecule has 0 radical (unpaired) electrons. The summed E-state index contributed by atoms with van der Waals surface area (Å²) in [6, 6.07) is 10.2. The molecule has 0 aliphatic rings. The van der Waals surface area contributed by atoms with Crippen LogP contribution >= 0.6 is 11.3 Å². The number of rotatable bonds is 4. The summed E-state index contributed by atoms with van der Waals surface area (Å²) in [5.41, 5.74) is 2.26. The summed E-state index contributed by atoms with van der Waals surface area (Å²) in [5.74, 6) is 1.50. The second-order valence-corrected chi connectivity index (χ2v) is 5.38. The molecule has 3 nitrogen and oxygen atoms in total. The van der Waals surface area contributed by atoms with Gasteiger partial charge in [0.2, 0.25) is 0 Å². The van der Waals surface area contributed by atoms with Crippen LogP contribution in [0.25, 0.3) is 10.1 Å². The Bertz CT molecular complexity index is 736. The van der Waals surface area contributed by atoms with Gasteiger partial charge in [-0.2, -0.15) is 0 Å². The number of pyridine rings is 1. The van der Waals surface area contributed by atoms with Gasteiger partial charge in [0.05, 0.1) is 24.6 Å². The molecule has 0 N–H and O–H groups in total. The number of benzene rings is 1. The third-order valence-corrected chi connectivity index (χ3v) is 4.24. The second-order valence-electron chi connectivity index (χ2n) is 4.46. The fourth-order valence-corrected chi connectivity index (χ4v) is 3.14. The van der Waals surface area contributed by atoms with Gasteiger partial charge in [-0.1, -0.05) is 6.07 Å². The monoisotopic (exact) mass is 285 g/mol. The smallest absolute Gasteiger partial charge is 0.160 e. The Kier molecular flexibility index (Phi) is 3.56. The lowest BCUT2D eigenvalue weighted by atomic mass is 10.1. The molecule has 0 aliphatic heterocycles. The Morgan fingerprint density at radius 1 is 1.05 bits per heavy atom. The van der Waals surface area contributed by atoms with Crippen molar-refractivity contribution in [3.05, 3.63) is 53.2 Å². The Morgan fingerprint density at radius 2 is 1.90 bits per heavy atom. The zero-order valence-corrected chi connectivity index (χ0v) is 12.2. The Labute approximate surface area is 121 Å². The molecular formula is C16H15NO2S. The standard InChI is InChI=1S/C16H15NO2S/c1-18-14-4-3-11(10-15(14)19-2)9-13-16-12(5-7-17-13)6-8-20-16/h3-8,10H,9H2,1-2H3. The van der Waals surface area contributed by atoms with Crippen molar-refractivity contribution >= 4 is 21.4 Å². The van der Waals surface area contributed by atoms with Gasteiger partial charge in [0.1, 0.15) is 0 Å². The highest BCUT2D eigenvalue weighted by molar-refractivity contribution is 7.17. The van der Waals surface area contributed by atoms with Crippen molar-refractivity contribution < 1.29 is 9.47 Å². The lowest BCUT2D eigenvalue weighted by molar-refractivity contribution is 0.354. The normalized spacial score (nSPS) is 10.7. The average Bonchev–Trinajstić information content (AvgIpc) is 2.96. The van der Waals surface area contributed by atoms with E-state index in [1.807, 2.05) is 24.4 Å². The molecule has 102 valence electrons. The quantitative estimate of drug-likeness (QED) is 0.728. The largest absolute Gasteiger partial charge is 0.493 e. The van der Waals surface area contributed by atoms with Crippen molar-refractivity contribution in [2.24, 2.45) is 0 Å². The highest BCUT2D eigenvalue weighted by atomic mass is 32.1. The molecule has 0 unspecified atom stereocenters. The Hall–Kier alpha value is -2.07. The molecule has 0 amide bonds. The maximum Gasteiger partial charge on any atom is 0.160 e. The average molecular weight is 285 g/mol. The topological polar surface area (TPSA) is 31.4 Å². The maximum absolute atomic E-state index is 5.34. The summed E-state index contributed by atoms with van der Waals surface area (Å²) in [6.07, 6.45) is 2.66. The van der Waals surface area contributed by atoms with Crippen LogP contribution < -0.4 is 9.47 Å². The molecule has 0 bridgehead atoms. The Balaban J connectivity index is 1.96. The fourth-order valence-electron chi connectivity index (χ4n) is 2.26. The SMILES string of the molecule is COc1ccc(Cc2nccc3ccsc23)cc1OC. The van der Waals surface area contributed by atoms with Gasteiger partial charge < -0.3 is 9.47 Å². The van der Waals surface area contributed by atoms with E-state index >= 15 is 0 Å². The van der Waals surface area contributed by atoms with E-state index < -0.39 is 0 Å². The van der Waals surface area contributed by atoms with E-state index in [4.69, 9.17) is 9.47 Å². The molecule has 0 spiro atoms. The summed E-state index contributed by atoms with van der Waals surface area (Å²) in [6.45, 7) is 0. The lowest BCUT2D eigenvalue weighted by Gasteiger charge is -2.09. The molecule has 2 heterocycles. The molecule has 0 fully saturated rings. The molecule has 20 heavy (non-hydrogen) atoms. The molecule has 3 rings (SSSR count). The molecule has 1 aromatic carbocycles. The third-order valence-electron chi connectivity index (χ3n) is 3.26. The number of hydrogen-bond acceptors (Lipinski definition) is 4. The maximum atomic E-state index is 5.34. The Morgan fingerprint density at radius 3 is 2.70 bits per heavy atom. The van der Waals surface area contributed by atoms with Gasteiger partial charge in [-0.25, -0.2) is 0 Å². The number of methoxy groups -OCH3 is 2. The van der Waals surface area contributed by atoms with Crippen LogP contribution in [-0.2, 0) is 6.42 Å². The number of nitrogens with zero attached hydrogens (tertiary/aromatic N) is 1. The predicted molar refractivity (Wildman–Crippen MR) is 82.0 cm³/mol. The van der Waals surface area contributed by atoms with E-state index in [2.05, 4.69) is 22.5 Å². The van der Waals surface area contributed by atoms with Crippen molar-refractivity contribution in [1.82, 2.24) is 4.98 Å². The minimum absolute atomic E-state index is 0.749. The van der Waals surface area contributed by atoms with Crippen LogP contribution in [0.1, 0.15) is 11.3 Å². The first kappa shape index (κ1) is 12.9. The first-order valence-electron chi connectivity index (χ1n) is 6.34. The minimum atomic E-state index is 0.749. The molecule has 0 aliphatic carbocycles. The van der Waals surface area contributed by atoms with Gasteiger partial charge in [0, 0.05) is 12.6 Å². The van der Waals surface area contributed by atoms with Crippen LogP contribution in [0, 0.1) is 0 Å². The number of thiophene rings is 1.